The molecule has 1 aliphatic carbocycles. The number of pyridine rings is 1. The third kappa shape index (κ3) is 5.45. The summed E-state index contributed by atoms with van der Waals surface area (Å²) in [4.78, 5) is 15.8. The summed E-state index contributed by atoms with van der Waals surface area (Å²) in [6, 6.07) is 9.62. The molecule has 0 bridgehead atoms. The highest BCUT2D eigenvalue weighted by molar-refractivity contribution is 5.88. The molecule has 0 saturated heterocycles. The number of amides is 1. The Kier molecular flexibility index (Phi) is 6.48. The first-order valence-corrected chi connectivity index (χ1v) is 9.40. The molecule has 2 aromatic rings. The third-order valence-corrected chi connectivity index (χ3v) is 4.43. The van der Waals surface area contributed by atoms with Crippen molar-refractivity contribution in [1.82, 2.24) is 4.98 Å². The number of carbonyl (C=O) groups excluding carboxylic acids is 1. The minimum Gasteiger partial charge on any atom is -0.428 e. The van der Waals surface area contributed by atoms with Gasteiger partial charge < -0.3 is 10.5 Å². The van der Waals surface area contributed by atoms with E-state index in [0.717, 1.165) is 36.5 Å². The molecule has 1 fully saturated rings. The van der Waals surface area contributed by atoms with Gasteiger partial charge in [-0.15, -0.1) is 0 Å². The van der Waals surface area contributed by atoms with Crippen LogP contribution in [-0.4, -0.2) is 17.5 Å². The van der Waals surface area contributed by atoms with Gasteiger partial charge >= 0.3 is 6.09 Å². The molecule has 8 heteroatoms. The molecule has 0 spiro atoms. The number of carbonyl (C=O) groups is 1. The number of cyclic esters (lactones) is 1. The standard InChI is InChI=1S/C20H16N4O2.C2H4F2/c21-11-16-14(7-8-23-19(16)22)9-13-3-5-15-17(10-13)24-20(25)26-18(15)6-4-12-1-2-12;1-2(3)4/h3,5,7-8,10,12,18H,1-2,9H2,(H2,22,23)(H,24,25);2H,1H3/t18-;/m0./s1. The Labute approximate surface area is 173 Å². The highest BCUT2D eigenvalue weighted by Crippen LogP contribution is 2.33. The van der Waals surface area contributed by atoms with Crippen LogP contribution < -0.4 is 11.1 Å². The quantitative estimate of drug-likeness (QED) is 0.714. The van der Waals surface area contributed by atoms with E-state index in [-0.39, 0.29) is 5.82 Å². The van der Waals surface area contributed by atoms with Gasteiger partial charge in [0.05, 0.1) is 11.3 Å². The first-order chi connectivity index (χ1) is 14.4. The number of fused-ring (bicyclic) bond motifs is 1. The maximum absolute atomic E-state index is 11.8. The Morgan fingerprint density at radius 3 is 2.73 bits per heavy atom. The number of alkyl halides is 2. The summed E-state index contributed by atoms with van der Waals surface area (Å²) in [5, 5.41) is 12.0. The number of nitrogen functional groups attached to an aromatic ring is 1. The van der Waals surface area contributed by atoms with Gasteiger partial charge in [-0.25, -0.2) is 18.6 Å². The zero-order chi connectivity index (χ0) is 21.7. The Morgan fingerprint density at radius 1 is 1.33 bits per heavy atom. The van der Waals surface area contributed by atoms with Gasteiger partial charge in [-0.05, 0) is 49.4 Å². The number of ether oxygens (including phenoxy) is 1. The monoisotopic (exact) mass is 410 g/mol. The first kappa shape index (κ1) is 21.1. The molecular formula is C22H20F2N4O2. The van der Waals surface area contributed by atoms with Crippen molar-refractivity contribution < 1.29 is 18.3 Å². The third-order valence-electron chi connectivity index (χ3n) is 4.43. The molecule has 4 rings (SSSR count). The normalized spacial score (nSPS) is 16.6. The van der Waals surface area contributed by atoms with E-state index < -0.39 is 18.6 Å². The van der Waals surface area contributed by atoms with Crippen LogP contribution in [0.5, 0.6) is 0 Å². The predicted octanol–water partition coefficient (Wildman–Crippen LogP) is 4.41. The molecule has 2 heterocycles. The molecule has 1 aliphatic heterocycles. The second-order valence-corrected chi connectivity index (χ2v) is 6.93. The molecule has 3 N–H and O–H groups in total. The second kappa shape index (κ2) is 9.23. The lowest BCUT2D eigenvalue weighted by atomic mass is 9.97. The maximum Gasteiger partial charge on any atom is 0.413 e. The molecule has 0 radical (unpaired) electrons. The van der Waals surface area contributed by atoms with Crippen molar-refractivity contribution in [2.45, 2.75) is 38.7 Å². The van der Waals surface area contributed by atoms with E-state index in [2.05, 4.69) is 28.2 Å². The van der Waals surface area contributed by atoms with Crippen molar-refractivity contribution in [3.05, 3.63) is 52.7 Å². The fourth-order valence-corrected chi connectivity index (χ4v) is 2.90. The Hall–Kier alpha value is -3.65. The van der Waals surface area contributed by atoms with Crippen LogP contribution in [-0.2, 0) is 11.2 Å². The number of nitrogens with zero attached hydrogens (tertiary/aromatic N) is 2. The predicted molar refractivity (Wildman–Crippen MR) is 108 cm³/mol. The van der Waals surface area contributed by atoms with E-state index in [0.29, 0.717) is 23.6 Å². The number of benzene rings is 1. The van der Waals surface area contributed by atoms with Crippen LogP contribution in [0.15, 0.2) is 30.5 Å². The Bertz CT molecular complexity index is 1050. The van der Waals surface area contributed by atoms with E-state index in [1.807, 2.05) is 18.2 Å². The van der Waals surface area contributed by atoms with Crippen molar-refractivity contribution in [2.24, 2.45) is 5.92 Å². The maximum atomic E-state index is 11.8. The first-order valence-electron chi connectivity index (χ1n) is 9.40. The number of hydrogen-bond donors (Lipinski definition) is 2. The second-order valence-electron chi connectivity index (χ2n) is 6.93. The summed E-state index contributed by atoms with van der Waals surface area (Å²) < 4.78 is 26.0. The van der Waals surface area contributed by atoms with Crippen LogP contribution in [0, 0.1) is 29.1 Å². The van der Waals surface area contributed by atoms with Crippen LogP contribution in [0.2, 0.25) is 0 Å². The van der Waals surface area contributed by atoms with Gasteiger partial charge in [-0.3, -0.25) is 5.32 Å². The fraction of sp³-hybridized carbons (Fsp3) is 0.318. The number of halogens is 2. The lowest BCUT2D eigenvalue weighted by Crippen LogP contribution is -2.24. The summed E-state index contributed by atoms with van der Waals surface area (Å²) in [5.41, 5.74) is 9.43. The number of hydrogen-bond acceptors (Lipinski definition) is 5. The zero-order valence-electron chi connectivity index (χ0n) is 16.3. The molecular weight excluding hydrogens is 390 g/mol. The molecule has 1 amide bonds. The Morgan fingerprint density at radius 2 is 2.07 bits per heavy atom. The van der Waals surface area contributed by atoms with E-state index in [4.69, 9.17) is 10.5 Å². The number of rotatable bonds is 2. The molecule has 154 valence electrons. The van der Waals surface area contributed by atoms with Crippen LogP contribution in [0.1, 0.15) is 48.1 Å². The molecule has 1 saturated carbocycles. The van der Waals surface area contributed by atoms with Crippen molar-refractivity contribution in [3.8, 4) is 17.9 Å². The average molecular weight is 410 g/mol. The van der Waals surface area contributed by atoms with Gasteiger partial charge in [0.15, 0.2) is 6.10 Å². The van der Waals surface area contributed by atoms with Crippen LogP contribution in [0.25, 0.3) is 0 Å². The topological polar surface area (TPSA) is 101 Å². The smallest absolute Gasteiger partial charge is 0.413 e. The van der Waals surface area contributed by atoms with E-state index in [9.17, 15) is 18.8 Å². The minimum absolute atomic E-state index is 0.222. The molecule has 1 aromatic heterocycles. The molecule has 1 aromatic carbocycles. The summed E-state index contributed by atoms with van der Waals surface area (Å²) >= 11 is 0. The van der Waals surface area contributed by atoms with Crippen LogP contribution in [0.3, 0.4) is 0 Å². The van der Waals surface area contributed by atoms with E-state index in [1.54, 1.807) is 12.3 Å². The lowest BCUT2D eigenvalue weighted by Gasteiger charge is -2.23. The molecule has 30 heavy (non-hydrogen) atoms. The number of aromatic nitrogens is 1. The number of nitriles is 1. The van der Waals surface area contributed by atoms with Gasteiger partial charge in [-0.2, -0.15) is 5.26 Å². The molecule has 0 unspecified atom stereocenters. The van der Waals surface area contributed by atoms with Crippen molar-refractivity contribution >= 4 is 17.6 Å². The lowest BCUT2D eigenvalue weighted by molar-refractivity contribution is 0.134. The van der Waals surface area contributed by atoms with Gasteiger partial charge in [0.25, 0.3) is 0 Å². The largest absolute Gasteiger partial charge is 0.428 e. The fourth-order valence-electron chi connectivity index (χ4n) is 2.90. The molecule has 2 aliphatic rings. The number of nitrogens with one attached hydrogen (secondary N) is 1. The van der Waals surface area contributed by atoms with Crippen molar-refractivity contribution in [2.75, 3.05) is 11.1 Å². The van der Waals surface area contributed by atoms with Crippen LogP contribution >= 0.6 is 0 Å². The van der Waals surface area contributed by atoms with Crippen LogP contribution in [0.4, 0.5) is 25.1 Å². The van der Waals surface area contributed by atoms with E-state index >= 15 is 0 Å². The highest BCUT2D eigenvalue weighted by Gasteiger charge is 2.26. The zero-order valence-corrected chi connectivity index (χ0v) is 16.3. The van der Waals surface area contributed by atoms with Gasteiger partial charge in [0.2, 0.25) is 6.43 Å². The molecule has 6 nitrogen and oxygen atoms in total. The van der Waals surface area contributed by atoms with Crippen molar-refractivity contribution in [3.63, 3.8) is 0 Å². The summed E-state index contributed by atoms with van der Waals surface area (Å²) in [6.45, 7) is 0.833. The Balaban J connectivity index is 0.000000589. The van der Waals surface area contributed by atoms with Gasteiger partial charge in [-0.1, -0.05) is 24.0 Å². The molecule has 1 atom stereocenters. The summed E-state index contributed by atoms with van der Waals surface area (Å²) in [5.74, 6) is 6.88. The van der Waals surface area contributed by atoms with Gasteiger partial charge in [0, 0.05) is 17.7 Å². The average Bonchev–Trinajstić information content (AvgIpc) is 3.50. The van der Waals surface area contributed by atoms with Gasteiger partial charge in [0.1, 0.15) is 11.9 Å². The summed E-state index contributed by atoms with van der Waals surface area (Å²) in [7, 11) is 0. The summed E-state index contributed by atoms with van der Waals surface area (Å²) in [6.07, 6.45) is 1.12. The SMILES string of the molecule is CC(F)F.N#Cc1c(Cc2ccc3c(c2)NC(=O)O[C@H]3C#CC2CC2)ccnc1N. The van der Waals surface area contributed by atoms with Crippen molar-refractivity contribution in [1.29, 1.82) is 5.26 Å². The highest BCUT2D eigenvalue weighted by atomic mass is 19.3. The number of anilines is 2. The minimum atomic E-state index is -2.17. The number of nitrogens with two attached hydrogens (primary N) is 1. The van der Waals surface area contributed by atoms with E-state index in [1.165, 1.54) is 0 Å².